The van der Waals surface area contributed by atoms with Crippen LogP contribution in [0.2, 0.25) is 0 Å². The fourth-order valence-corrected chi connectivity index (χ4v) is 5.28. The summed E-state index contributed by atoms with van der Waals surface area (Å²) in [6, 6.07) is 0. The molecule has 0 heterocycles. The molecule has 3 N–H and O–H groups in total. The predicted molar refractivity (Wildman–Crippen MR) is 158 cm³/mol. The first-order chi connectivity index (χ1) is 18.7. The minimum absolute atomic E-state index is 0.0787. The number of carboxylic acids is 1. The number of thiol groups is 1. The van der Waals surface area contributed by atoms with Crippen molar-refractivity contribution in [2.24, 2.45) is 0 Å². The molecule has 0 saturated heterocycles. The molecule has 0 aromatic carbocycles. The van der Waals surface area contributed by atoms with Crippen molar-refractivity contribution in [1.29, 1.82) is 0 Å². The molecule has 0 aromatic rings. The number of carbonyl (C=O) groups is 4. The van der Waals surface area contributed by atoms with E-state index in [-0.39, 0.29) is 12.8 Å². The molecule has 39 heavy (non-hydrogen) atoms. The Morgan fingerprint density at radius 2 is 1.00 bits per heavy atom. The molecule has 1 unspecified atom stereocenters. The zero-order valence-electron chi connectivity index (χ0n) is 24.5. The highest BCUT2D eigenvalue weighted by Crippen LogP contribution is 2.26. The molecule has 0 aliphatic rings. The number of hydrogen-bond donors (Lipinski definition) is 4. The van der Waals surface area contributed by atoms with Crippen LogP contribution in [0.1, 0.15) is 142 Å². The molecule has 2 amide bonds. The van der Waals surface area contributed by atoms with Gasteiger partial charge in [0.2, 0.25) is 23.1 Å². The fourth-order valence-electron chi connectivity index (χ4n) is 4.85. The number of amides is 2. The monoisotopic (exact) mass is 573 g/mol. The number of carbonyl (C=O) groups excluding carboxylic acids is 3. The van der Waals surface area contributed by atoms with Crippen LogP contribution in [0, 0.1) is 0 Å². The SMILES string of the molecule is CCCCCCCCCCCC(=O)N(C(=O)CCCCCCCCCCC)C(CS)(C(=O)O)C(=O)[C@@H](O)CO. The van der Waals surface area contributed by atoms with Crippen molar-refractivity contribution < 1.29 is 34.5 Å². The van der Waals surface area contributed by atoms with Gasteiger partial charge in [0.05, 0.1) is 6.61 Å². The van der Waals surface area contributed by atoms with Gasteiger partial charge in [0.1, 0.15) is 6.10 Å². The van der Waals surface area contributed by atoms with Gasteiger partial charge >= 0.3 is 5.97 Å². The van der Waals surface area contributed by atoms with Crippen LogP contribution in [-0.4, -0.2) is 67.8 Å². The van der Waals surface area contributed by atoms with E-state index in [1.807, 2.05) is 0 Å². The first-order valence-corrected chi connectivity index (χ1v) is 15.9. The average molecular weight is 574 g/mol. The maximum absolute atomic E-state index is 13.3. The maximum Gasteiger partial charge on any atom is 0.338 e. The lowest BCUT2D eigenvalue weighted by atomic mass is 9.89. The number of ketones is 1. The first-order valence-electron chi connectivity index (χ1n) is 15.3. The number of nitrogens with zero attached hydrogens (tertiary/aromatic N) is 1. The largest absolute Gasteiger partial charge is 0.479 e. The van der Waals surface area contributed by atoms with Gasteiger partial charge in [0, 0.05) is 18.6 Å². The second-order valence-corrected chi connectivity index (χ2v) is 11.0. The third-order valence-corrected chi connectivity index (χ3v) is 7.79. The molecule has 228 valence electrons. The van der Waals surface area contributed by atoms with E-state index in [1.54, 1.807) is 0 Å². The van der Waals surface area contributed by atoms with E-state index in [1.165, 1.54) is 51.4 Å². The van der Waals surface area contributed by atoms with E-state index in [9.17, 15) is 34.5 Å². The van der Waals surface area contributed by atoms with Gasteiger partial charge in [0.25, 0.3) is 0 Å². The van der Waals surface area contributed by atoms with Crippen LogP contribution in [0.25, 0.3) is 0 Å². The number of aliphatic hydroxyl groups excluding tert-OH is 2. The van der Waals surface area contributed by atoms with Crippen LogP contribution >= 0.6 is 12.6 Å². The van der Waals surface area contributed by atoms with Gasteiger partial charge in [-0.1, -0.05) is 117 Å². The van der Waals surface area contributed by atoms with E-state index in [2.05, 4.69) is 26.5 Å². The average Bonchev–Trinajstić information content (AvgIpc) is 2.92. The minimum atomic E-state index is -2.67. The lowest BCUT2D eigenvalue weighted by Crippen LogP contribution is -2.67. The van der Waals surface area contributed by atoms with Gasteiger partial charge < -0.3 is 15.3 Å². The lowest BCUT2D eigenvalue weighted by Gasteiger charge is -2.38. The Balaban J connectivity index is 5.25. The van der Waals surface area contributed by atoms with Crippen molar-refractivity contribution in [3.05, 3.63) is 0 Å². The van der Waals surface area contributed by atoms with Crippen LogP contribution in [-0.2, 0) is 19.2 Å². The first kappa shape index (κ1) is 37.6. The Hall–Kier alpha value is -1.45. The van der Waals surface area contributed by atoms with Crippen molar-refractivity contribution in [2.75, 3.05) is 12.4 Å². The molecule has 0 spiro atoms. The molecule has 0 rings (SSSR count). The van der Waals surface area contributed by atoms with Crippen molar-refractivity contribution in [3.8, 4) is 0 Å². The van der Waals surface area contributed by atoms with Crippen LogP contribution in [0.5, 0.6) is 0 Å². The van der Waals surface area contributed by atoms with Gasteiger partial charge in [-0.25, -0.2) is 4.79 Å². The summed E-state index contributed by atoms with van der Waals surface area (Å²) in [5, 5.41) is 29.4. The van der Waals surface area contributed by atoms with Gasteiger partial charge in [0.15, 0.2) is 0 Å². The summed E-state index contributed by atoms with van der Waals surface area (Å²) in [5.74, 6) is -5.25. The van der Waals surface area contributed by atoms with Crippen LogP contribution < -0.4 is 0 Å². The molecular formula is C30H55NO7S. The number of rotatable bonds is 26. The highest BCUT2D eigenvalue weighted by molar-refractivity contribution is 7.80. The molecule has 0 radical (unpaired) electrons. The zero-order valence-corrected chi connectivity index (χ0v) is 25.4. The molecule has 0 aliphatic carbocycles. The summed E-state index contributed by atoms with van der Waals surface area (Å²) in [7, 11) is 0. The minimum Gasteiger partial charge on any atom is -0.479 e. The van der Waals surface area contributed by atoms with Crippen LogP contribution in [0.4, 0.5) is 0 Å². The molecule has 0 fully saturated rings. The number of imide groups is 1. The molecule has 0 aliphatic heterocycles. The second-order valence-electron chi connectivity index (χ2n) is 10.7. The highest BCUT2D eigenvalue weighted by atomic mass is 32.1. The van der Waals surface area contributed by atoms with E-state index >= 15 is 0 Å². The summed E-state index contributed by atoms with van der Waals surface area (Å²) in [4.78, 5) is 52.5. The Labute approximate surface area is 241 Å². The van der Waals surface area contributed by atoms with Gasteiger partial charge in [-0.05, 0) is 12.8 Å². The summed E-state index contributed by atoms with van der Waals surface area (Å²) in [6.07, 6.45) is 16.2. The normalized spacial score (nSPS) is 13.6. The Kier molecular flexibility index (Phi) is 22.4. The van der Waals surface area contributed by atoms with Gasteiger partial charge in [-0.3, -0.25) is 19.3 Å². The van der Waals surface area contributed by atoms with Crippen molar-refractivity contribution in [3.63, 3.8) is 0 Å². The van der Waals surface area contributed by atoms with E-state index in [4.69, 9.17) is 0 Å². The number of unbranched alkanes of at least 4 members (excludes halogenated alkanes) is 16. The standard InChI is InChI=1S/C30H55NO7S/c1-3-5-7-9-11-13-15-17-19-21-26(34)31(30(24-39,29(37)38)28(36)25(33)23-32)27(35)22-20-18-16-14-12-10-8-6-4-2/h25,32-33,39H,3-24H2,1-2H3,(H,37,38)/t25-,30?/m0/s1. The Morgan fingerprint density at radius 1 is 0.667 bits per heavy atom. The number of hydrogen-bond acceptors (Lipinski definition) is 7. The van der Waals surface area contributed by atoms with E-state index in [0.717, 1.165) is 51.4 Å². The topological polar surface area (TPSA) is 132 Å². The summed E-state index contributed by atoms with van der Waals surface area (Å²) < 4.78 is 0. The maximum atomic E-state index is 13.3. The molecule has 9 heteroatoms. The molecule has 8 nitrogen and oxygen atoms in total. The molecule has 0 bridgehead atoms. The number of carboxylic acid groups (broad SMARTS) is 1. The van der Waals surface area contributed by atoms with Crippen molar-refractivity contribution in [2.45, 2.75) is 154 Å². The van der Waals surface area contributed by atoms with Crippen molar-refractivity contribution >= 4 is 36.2 Å². The fraction of sp³-hybridized carbons (Fsp3) is 0.867. The quantitative estimate of drug-likeness (QED) is 0.0579. The summed E-state index contributed by atoms with van der Waals surface area (Å²) in [6.45, 7) is 3.33. The summed E-state index contributed by atoms with van der Waals surface area (Å²) in [5.41, 5.74) is -2.67. The number of aliphatic hydroxyl groups is 2. The molecular weight excluding hydrogens is 518 g/mol. The predicted octanol–water partition coefficient (Wildman–Crippen LogP) is 5.86. The van der Waals surface area contributed by atoms with E-state index < -0.39 is 47.6 Å². The summed E-state index contributed by atoms with van der Waals surface area (Å²) >= 11 is 4.05. The lowest BCUT2D eigenvalue weighted by molar-refractivity contribution is -0.172. The third kappa shape index (κ3) is 14.1. The Bertz CT molecular complexity index is 669. The third-order valence-electron chi connectivity index (χ3n) is 7.33. The van der Waals surface area contributed by atoms with Gasteiger partial charge in [-0.2, -0.15) is 12.6 Å². The second kappa shape index (κ2) is 23.3. The van der Waals surface area contributed by atoms with Crippen LogP contribution in [0.3, 0.4) is 0 Å². The number of Topliss-reactive ketones (excluding diaryl/α,β-unsaturated/α-hetero) is 1. The molecule has 0 aromatic heterocycles. The Morgan fingerprint density at radius 3 is 1.28 bits per heavy atom. The van der Waals surface area contributed by atoms with Gasteiger partial charge in [-0.15, -0.1) is 0 Å². The molecule has 2 atom stereocenters. The zero-order chi connectivity index (χ0) is 29.5. The van der Waals surface area contributed by atoms with Crippen molar-refractivity contribution in [1.82, 2.24) is 4.90 Å². The number of aliphatic carboxylic acids is 1. The highest BCUT2D eigenvalue weighted by Gasteiger charge is 2.56. The van der Waals surface area contributed by atoms with E-state index in [0.29, 0.717) is 17.7 Å². The smallest absolute Gasteiger partial charge is 0.338 e. The van der Waals surface area contributed by atoms with Crippen LogP contribution in [0.15, 0.2) is 0 Å². The molecule has 0 saturated carbocycles.